The average molecular weight is 441 g/mol. The number of carbonyl (C=O) groups is 1. The van der Waals surface area contributed by atoms with Crippen LogP contribution in [0.3, 0.4) is 0 Å². The molecule has 0 aliphatic carbocycles. The van der Waals surface area contributed by atoms with E-state index in [0.29, 0.717) is 23.4 Å². The molecule has 0 atom stereocenters. The summed E-state index contributed by atoms with van der Waals surface area (Å²) in [5.74, 6) is -0.335. The van der Waals surface area contributed by atoms with Crippen molar-refractivity contribution in [3.05, 3.63) is 77.1 Å². The number of anilines is 1. The van der Waals surface area contributed by atoms with E-state index in [1.165, 1.54) is 17.7 Å². The summed E-state index contributed by atoms with van der Waals surface area (Å²) in [6, 6.07) is 11.9. The lowest BCUT2D eigenvalue weighted by atomic mass is 10.1. The number of benzene rings is 2. The molecule has 2 aromatic carbocycles. The Labute approximate surface area is 183 Å². The Balaban J connectivity index is 1.73. The lowest BCUT2D eigenvalue weighted by Gasteiger charge is -2.12. The van der Waals surface area contributed by atoms with E-state index in [0.717, 1.165) is 24.8 Å². The number of hydrogen-bond donors (Lipinski definition) is 2. The SMILES string of the molecule is CCCCc1ccc(NS(=O)(=O)c2ccc(C)c(C(=O)NCc3cnn(C)c3)c2)cc1. The predicted octanol–water partition coefficient (Wildman–Crippen LogP) is 3.80. The van der Waals surface area contributed by atoms with E-state index in [2.05, 4.69) is 22.1 Å². The zero-order chi connectivity index (χ0) is 22.4. The molecule has 1 heterocycles. The monoisotopic (exact) mass is 440 g/mol. The third kappa shape index (κ3) is 5.95. The molecule has 1 amide bonds. The first-order chi connectivity index (χ1) is 14.8. The predicted molar refractivity (Wildman–Crippen MR) is 121 cm³/mol. The maximum atomic E-state index is 12.9. The van der Waals surface area contributed by atoms with E-state index in [-0.39, 0.29) is 10.8 Å². The Bertz CT molecular complexity index is 1150. The summed E-state index contributed by atoms with van der Waals surface area (Å²) in [6.07, 6.45) is 6.66. The minimum Gasteiger partial charge on any atom is -0.348 e. The van der Waals surface area contributed by atoms with Crippen molar-refractivity contribution in [3.63, 3.8) is 0 Å². The third-order valence-corrected chi connectivity index (χ3v) is 6.38. The Hall–Kier alpha value is -3.13. The molecule has 0 aliphatic heterocycles. The number of carbonyl (C=O) groups excluding carboxylic acids is 1. The van der Waals surface area contributed by atoms with E-state index < -0.39 is 10.0 Å². The first-order valence-electron chi connectivity index (χ1n) is 10.3. The number of hydrogen-bond acceptors (Lipinski definition) is 4. The van der Waals surface area contributed by atoms with Crippen LogP contribution in [0.5, 0.6) is 0 Å². The van der Waals surface area contributed by atoms with E-state index in [9.17, 15) is 13.2 Å². The molecule has 3 aromatic rings. The first-order valence-corrected chi connectivity index (χ1v) is 11.7. The van der Waals surface area contributed by atoms with Crippen LogP contribution in [0, 0.1) is 6.92 Å². The molecule has 0 spiro atoms. The second-order valence-electron chi connectivity index (χ2n) is 7.59. The van der Waals surface area contributed by atoms with E-state index in [1.807, 2.05) is 18.3 Å². The van der Waals surface area contributed by atoms with E-state index in [4.69, 9.17) is 0 Å². The topological polar surface area (TPSA) is 93.1 Å². The number of sulfonamides is 1. The molecule has 3 rings (SSSR count). The lowest BCUT2D eigenvalue weighted by molar-refractivity contribution is 0.0950. The zero-order valence-electron chi connectivity index (χ0n) is 18.1. The van der Waals surface area contributed by atoms with Gasteiger partial charge in [0.2, 0.25) is 0 Å². The highest BCUT2D eigenvalue weighted by Gasteiger charge is 2.18. The van der Waals surface area contributed by atoms with Crippen LogP contribution in [-0.2, 0) is 30.0 Å². The van der Waals surface area contributed by atoms with Gasteiger partial charge < -0.3 is 5.32 Å². The number of nitrogens with one attached hydrogen (secondary N) is 2. The van der Waals surface area contributed by atoms with Gasteiger partial charge in [-0.3, -0.25) is 14.2 Å². The molecule has 0 fully saturated rings. The van der Waals surface area contributed by atoms with E-state index in [1.54, 1.807) is 43.0 Å². The fraction of sp³-hybridized carbons (Fsp3) is 0.304. The fourth-order valence-electron chi connectivity index (χ4n) is 3.19. The van der Waals surface area contributed by atoms with Gasteiger partial charge in [0.1, 0.15) is 0 Å². The molecular formula is C23H28N4O3S. The van der Waals surface area contributed by atoms with Gasteiger partial charge in [0.05, 0.1) is 11.1 Å². The van der Waals surface area contributed by atoms with Gasteiger partial charge >= 0.3 is 0 Å². The van der Waals surface area contributed by atoms with Gasteiger partial charge in [-0.2, -0.15) is 5.10 Å². The number of amides is 1. The second-order valence-corrected chi connectivity index (χ2v) is 9.27. The highest BCUT2D eigenvalue weighted by atomic mass is 32.2. The molecule has 0 bridgehead atoms. The first kappa shape index (κ1) is 22.6. The number of aromatic nitrogens is 2. The normalized spacial score (nSPS) is 11.3. The maximum absolute atomic E-state index is 12.9. The van der Waals surface area contributed by atoms with Gasteiger partial charge in [0.25, 0.3) is 15.9 Å². The minimum atomic E-state index is -3.82. The quantitative estimate of drug-likeness (QED) is 0.529. The summed E-state index contributed by atoms with van der Waals surface area (Å²) >= 11 is 0. The molecule has 2 N–H and O–H groups in total. The van der Waals surface area contributed by atoms with Crippen molar-refractivity contribution in [2.75, 3.05) is 4.72 Å². The number of rotatable bonds is 9. The number of unbranched alkanes of at least 4 members (excludes halogenated alkanes) is 1. The van der Waals surface area contributed by atoms with Crippen molar-refractivity contribution in [1.82, 2.24) is 15.1 Å². The van der Waals surface area contributed by atoms with Gasteiger partial charge in [-0.05, 0) is 55.2 Å². The van der Waals surface area contributed by atoms with Crippen LogP contribution in [0.1, 0.15) is 46.8 Å². The van der Waals surface area contributed by atoms with Crippen LogP contribution in [0.4, 0.5) is 5.69 Å². The molecule has 0 saturated heterocycles. The van der Waals surface area contributed by atoms with Crippen molar-refractivity contribution in [1.29, 1.82) is 0 Å². The van der Waals surface area contributed by atoms with Gasteiger partial charge in [-0.25, -0.2) is 8.42 Å². The summed E-state index contributed by atoms with van der Waals surface area (Å²) in [5.41, 5.74) is 3.54. The molecule has 0 saturated carbocycles. The summed E-state index contributed by atoms with van der Waals surface area (Å²) in [5, 5.41) is 6.88. The summed E-state index contributed by atoms with van der Waals surface area (Å²) in [6.45, 7) is 4.22. The number of nitrogens with zero attached hydrogens (tertiary/aromatic N) is 2. The van der Waals surface area contributed by atoms with Gasteiger partial charge in [-0.1, -0.05) is 31.5 Å². The van der Waals surface area contributed by atoms with E-state index >= 15 is 0 Å². The second kappa shape index (κ2) is 9.78. The standard InChI is InChI=1S/C23H28N4O3S/c1-4-5-6-18-8-10-20(11-9-18)26-31(29,30)21-12-7-17(2)22(13-21)23(28)24-14-19-15-25-27(3)16-19/h7-13,15-16,26H,4-6,14H2,1-3H3,(H,24,28). The maximum Gasteiger partial charge on any atom is 0.261 e. The van der Waals surface area contributed by atoms with Crippen molar-refractivity contribution >= 4 is 21.6 Å². The average Bonchev–Trinajstić information content (AvgIpc) is 3.16. The van der Waals surface area contributed by atoms with Crippen LogP contribution in [0.2, 0.25) is 0 Å². The van der Waals surface area contributed by atoms with Gasteiger partial charge in [0.15, 0.2) is 0 Å². The minimum absolute atomic E-state index is 0.0414. The van der Waals surface area contributed by atoms with Crippen molar-refractivity contribution in [3.8, 4) is 0 Å². The molecule has 8 heteroatoms. The zero-order valence-corrected chi connectivity index (χ0v) is 18.9. The Morgan fingerprint density at radius 3 is 2.48 bits per heavy atom. The molecule has 164 valence electrons. The summed E-state index contributed by atoms with van der Waals surface area (Å²) < 4.78 is 30.0. The van der Waals surface area contributed by atoms with Crippen LogP contribution < -0.4 is 10.0 Å². The van der Waals surface area contributed by atoms with Crippen molar-refractivity contribution < 1.29 is 13.2 Å². The molecule has 7 nitrogen and oxygen atoms in total. The molecule has 1 aromatic heterocycles. The Morgan fingerprint density at radius 1 is 1.10 bits per heavy atom. The molecule has 0 aliphatic rings. The molecule has 0 unspecified atom stereocenters. The van der Waals surface area contributed by atoms with Crippen LogP contribution >= 0.6 is 0 Å². The largest absolute Gasteiger partial charge is 0.348 e. The fourth-order valence-corrected chi connectivity index (χ4v) is 4.27. The molecule has 31 heavy (non-hydrogen) atoms. The van der Waals surface area contributed by atoms with Crippen molar-refractivity contribution in [2.45, 2.75) is 44.6 Å². The van der Waals surface area contributed by atoms with Crippen LogP contribution in [0.15, 0.2) is 59.8 Å². The van der Waals surface area contributed by atoms with Crippen molar-refractivity contribution in [2.24, 2.45) is 7.05 Å². The Kier molecular flexibility index (Phi) is 7.12. The molecule has 0 radical (unpaired) electrons. The van der Waals surface area contributed by atoms with Gasteiger partial charge in [-0.15, -0.1) is 0 Å². The number of aryl methyl sites for hydroxylation is 3. The van der Waals surface area contributed by atoms with Crippen LogP contribution in [-0.4, -0.2) is 24.1 Å². The van der Waals surface area contributed by atoms with Crippen LogP contribution in [0.25, 0.3) is 0 Å². The summed E-state index contributed by atoms with van der Waals surface area (Å²) in [7, 11) is -2.02. The Morgan fingerprint density at radius 2 is 1.84 bits per heavy atom. The highest BCUT2D eigenvalue weighted by molar-refractivity contribution is 7.92. The highest BCUT2D eigenvalue weighted by Crippen LogP contribution is 2.20. The summed E-state index contributed by atoms with van der Waals surface area (Å²) in [4.78, 5) is 12.7. The molecular weight excluding hydrogens is 412 g/mol. The smallest absolute Gasteiger partial charge is 0.261 e. The lowest BCUT2D eigenvalue weighted by Crippen LogP contribution is -2.24. The third-order valence-electron chi connectivity index (χ3n) is 5.00. The van der Waals surface area contributed by atoms with Gasteiger partial charge in [0, 0.05) is 36.6 Å².